The molecule has 92 valence electrons. The summed E-state index contributed by atoms with van der Waals surface area (Å²) in [7, 11) is 1.97. The van der Waals surface area contributed by atoms with Gasteiger partial charge in [-0.15, -0.1) is 11.3 Å². The highest BCUT2D eigenvalue weighted by Crippen LogP contribution is 2.08. The summed E-state index contributed by atoms with van der Waals surface area (Å²) in [4.78, 5) is 4.44. The van der Waals surface area contributed by atoms with Crippen molar-refractivity contribution in [1.82, 2.24) is 20.1 Å². The van der Waals surface area contributed by atoms with E-state index in [4.69, 9.17) is 0 Å². The van der Waals surface area contributed by atoms with E-state index in [-0.39, 0.29) is 0 Å². The van der Waals surface area contributed by atoms with Gasteiger partial charge >= 0.3 is 0 Å². The monoisotopic (exact) mass is 250 g/mol. The molecule has 0 saturated heterocycles. The molecule has 4 nitrogen and oxygen atoms in total. The zero-order chi connectivity index (χ0) is 12.3. The predicted octanol–water partition coefficient (Wildman–Crippen LogP) is 1.83. The van der Waals surface area contributed by atoms with Crippen LogP contribution in [0.5, 0.6) is 0 Å². The summed E-state index contributed by atoms with van der Waals surface area (Å²) >= 11 is 1.71. The fourth-order valence-corrected chi connectivity index (χ4v) is 2.33. The Morgan fingerprint density at radius 2 is 2.24 bits per heavy atom. The van der Waals surface area contributed by atoms with Gasteiger partial charge < -0.3 is 5.32 Å². The van der Waals surface area contributed by atoms with Gasteiger partial charge in [0.15, 0.2) is 0 Å². The molecular formula is C12H18N4S. The average molecular weight is 250 g/mol. The maximum atomic E-state index is 4.44. The molecule has 0 unspecified atom stereocenters. The van der Waals surface area contributed by atoms with Gasteiger partial charge in [-0.05, 0) is 13.8 Å². The molecule has 0 spiro atoms. The molecule has 2 heterocycles. The van der Waals surface area contributed by atoms with Crippen LogP contribution in [0, 0.1) is 13.8 Å². The summed E-state index contributed by atoms with van der Waals surface area (Å²) in [5.41, 5.74) is 3.67. The van der Waals surface area contributed by atoms with E-state index >= 15 is 0 Å². The molecule has 17 heavy (non-hydrogen) atoms. The second-order valence-electron chi connectivity index (χ2n) is 4.16. The van der Waals surface area contributed by atoms with Crippen molar-refractivity contribution in [3.05, 3.63) is 33.5 Å². The van der Waals surface area contributed by atoms with Crippen LogP contribution < -0.4 is 5.32 Å². The average Bonchev–Trinajstić information content (AvgIpc) is 2.84. The molecule has 2 aromatic heterocycles. The second-order valence-corrected chi connectivity index (χ2v) is 5.23. The Labute approximate surface area is 106 Å². The van der Waals surface area contributed by atoms with Crippen molar-refractivity contribution in [2.75, 3.05) is 6.54 Å². The number of nitrogens with zero attached hydrogens (tertiary/aromatic N) is 3. The van der Waals surface area contributed by atoms with Crippen molar-refractivity contribution in [2.24, 2.45) is 7.05 Å². The molecule has 0 atom stereocenters. The van der Waals surface area contributed by atoms with Gasteiger partial charge in [-0.2, -0.15) is 5.10 Å². The molecule has 0 radical (unpaired) electrons. The van der Waals surface area contributed by atoms with Gasteiger partial charge in [-0.3, -0.25) is 4.68 Å². The van der Waals surface area contributed by atoms with Gasteiger partial charge in [0.05, 0.1) is 16.9 Å². The van der Waals surface area contributed by atoms with Gasteiger partial charge in [0.25, 0.3) is 0 Å². The van der Waals surface area contributed by atoms with Crippen LogP contribution >= 0.6 is 11.3 Å². The Morgan fingerprint density at radius 1 is 1.41 bits per heavy atom. The van der Waals surface area contributed by atoms with Crippen LogP contribution in [-0.2, 0) is 20.0 Å². The fraction of sp³-hybridized carbons (Fsp3) is 0.500. The molecule has 0 aliphatic heterocycles. The van der Waals surface area contributed by atoms with Crippen molar-refractivity contribution in [1.29, 1.82) is 0 Å². The Bertz CT molecular complexity index is 486. The van der Waals surface area contributed by atoms with Crippen LogP contribution in [0.1, 0.15) is 22.0 Å². The van der Waals surface area contributed by atoms with E-state index in [0.717, 1.165) is 24.5 Å². The minimum absolute atomic E-state index is 0.878. The van der Waals surface area contributed by atoms with Gasteiger partial charge in [-0.25, -0.2) is 4.98 Å². The number of nitrogens with one attached hydrogen (secondary N) is 1. The number of rotatable bonds is 5. The standard InChI is InChI=1S/C12H18N4S/c1-9-11(7-14-16(9)3)6-13-5-4-12-8-17-10(2)15-12/h7-8,13H,4-6H2,1-3H3. The number of aromatic nitrogens is 3. The first-order valence-electron chi connectivity index (χ1n) is 5.76. The summed E-state index contributed by atoms with van der Waals surface area (Å²) in [6.07, 6.45) is 2.92. The van der Waals surface area contributed by atoms with Gasteiger partial charge in [0.2, 0.25) is 0 Å². The van der Waals surface area contributed by atoms with E-state index in [9.17, 15) is 0 Å². The first-order chi connectivity index (χ1) is 8.16. The summed E-state index contributed by atoms with van der Waals surface area (Å²) in [6.45, 7) is 5.97. The molecule has 0 amide bonds. The first kappa shape index (κ1) is 12.3. The first-order valence-corrected chi connectivity index (χ1v) is 6.64. The van der Waals surface area contributed by atoms with Gasteiger partial charge in [0, 0.05) is 43.2 Å². The van der Waals surface area contributed by atoms with E-state index in [2.05, 4.69) is 27.7 Å². The number of hydrogen-bond acceptors (Lipinski definition) is 4. The van der Waals surface area contributed by atoms with Crippen molar-refractivity contribution < 1.29 is 0 Å². The predicted molar refractivity (Wildman–Crippen MR) is 70.2 cm³/mol. The van der Waals surface area contributed by atoms with Crippen LogP contribution in [0.2, 0.25) is 0 Å². The third-order valence-electron chi connectivity index (χ3n) is 2.88. The molecule has 5 heteroatoms. The molecular weight excluding hydrogens is 232 g/mol. The molecule has 2 rings (SSSR count). The smallest absolute Gasteiger partial charge is 0.0897 e. The Kier molecular flexibility index (Phi) is 3.91. The maximum Gasteiger partial charge on any atom is 0.0897 e. The molecule has 0 bridgehead atoms. The SMILES string of the molecule is Cc1nc(CCNCc2cnn(C)c2C)cs1. The lowest BCUT2D eigenvalue weighted by Crippen LogP contribution is -2.17. The third-order valence-corrected chi connectivity index (χ3v) is 3.70. The number of hydrogen-bond donors (Lipinski definition) is 1. The Morgan fingerprint density at radius 3 is 2.82 bits per heavy atom. The van der Waals surface area contributed by atoms with E-state index in [1.54, 1.807) is 11.3 Å². The van der Waals surface area contributed by atoms with Crippen molar-refractivity contribution >= 4 is 11.3 Å². The quantitative estimate of drug-likeness (QED) is 0.823. The number of aryl methyl sites for hydroxylation is 2. The summed E-state index contributed by atoms with van der Waals surface area (Å²) in [5, 5.41) is 10.9. The molecule has 0 fully saturated rings. The summed E-state index contributed by atoms with van der Waals surface area (Å²) in [6, 6.07) is 0. The zero-order valence-corrected chi connectivity index (χ0v) is 11.3. The van der Waals surface area contributed by atoms with Crippen molar-refractivity contribution in [3.63, 3.8) is 0 Å². The highest BCUT2D eigenvalue weighted by molar-refractivity contribution is 7.09. The highest BCUT2D eigenvalue weighted by Gasteiger charge is 2.03. The summed E-state index contributed by atoms with van der Waals surface area (Å²) < 4.78 is 1.90. The molecule has 0 aromatic carbocycles. The van der Waals surface area contributed by atoms with Crippen LogP contribution in [0.3, 0.4) is 0 Å². The molecule has 1 N–H and O–H groups in total. The highest BCUT2D eigenvalue weighted by atomic mass is 32.1. The number of thiazole rings is 1. The van der Waals surface area contributed by atoms with E-state index in [1.165, 1.54) is 17.0 Å². The maximum absolute atomic E-state index is 4.44. The van der Waals surface area contributed by atoms with Gasteiger partial charge in [0.1, 0.15) is 0 Å². The minimum Gasteiger partial charge on any atom is -0.312 e. The fourth-order valence-electron chi connectivity index (χ4n) is 1.68. The van der Waals surface area contributed by atoms with Gasteiger partial charge in [-0.1, -0.05) is 0 Å². The Balaban J connectivity index is 1.75. The summed E-state index contributed by atoms with van der Waals surface area (Å²) in [5.74, 6) is 0. The van der Waals surface area contributed by atoms with E-state index in [1.807, 2.05) is 24.9 Å². The van der Waals surface area contributed by atoms with Crippen LogP contribution in [0.25, 0.3) is 0 Å². The topological polar surface area (TPSA) is 42.7 Å². The molecule has 0 saturated carbocycles. The molecule has 0 aliphatic carbocycles. The van der Waals surface area contributed by atoms with Crippen LogP contribution in [0.4, 0.5) is 0 Å². The molecule has 0 aliphatic rings. The normalized spacial score (nSPS) is 11.0. The zero-order valence-electron chi connectivity index (χ0n) is 10.5. The van der Waals surface area contributed by atoms with Crippen LogP contribution in [-0.4, -0.2) is 21.3 Å². The largest absolute Gasteiger partial charge is 0.312 e. The molecule has 2 aromatic rings. The lowest BCUT2D eigenvalue weighted by atomic mass is 10.2. The lowest BCUT2D eigenvalue weighted by molar-refractivity contribution is 0.674. The third kappa shape index (κ3) is 3.14. The van der Waals surface area contributed by atoms with E-state index in [0.29, 0.717) is 0 Å². The van der Waals surface area contributed by atoms with Crippen molar-refractivity contribution in [2.45, 2.75) is 26.8 Å². The minimum atomic E-state index is 0.878. The van der Waals surface area contributed by atoms with Crippen LogP contribution in [0.15, 0.2) is 11.6 Å². The van der Waals surface area contributed by atoms with Crippen molar-refractivity contribution in [3.8, 4) is 0 Å². The Hall–Kier alpha value is -1.20. The van der Waals surface area contributed by atoms with E-state index < -0.39 is 0 Å². The lowest BCUT2D eigenvalue weighted by Gasteiger charge is -2.03. The second kappa shape index (κ2) is 5.42.